The van der Waals surface area contributed by atoms with Crippen LogP contribution in [0.4, 0.5) is 5.69 Å². The topological polar surface area (TPSA) is 147 Å². The van der Waals surface area contributed by atoms with Crippen LogP contribution in [0.5, 0.6) is 0 Å². The zero-order valence-corrected chi connectivity index (χ0v) is 11.1. The first-order chi connectivity index (χ1) is 8.69. The maximum atomic E-state index is 10.9. The molecule has 0 aliphatic carbocycles. The highest BCUT2D eigenvalue weighted by Gasteiger charge is 2.17. The standard InChI is InChI=1S/C11H17N2O5P/c12-9-2-1-7(3-4-19(16,17)18)8(5-9)6-10(13)11(14)15/h1-2,5,10H,3-4,6,12-13H2,(H,14,15)(H2,16,17,18)/t10-/m0/s1. The van der Waals surface area contributed by atoms with Gasteiger partial charge in [-0.1, -0.05) is 6.07 Å². The normalized spacial score (nSPS) is 13.2. The first kappa shape index (κ1) is 15.7. The van der Waals surface area contributed by atoms with Crippen LogP contribution in [0.2, 0.25) is 0 Å². The minimum Gasteiger partial charge on any atom is -0.480 e. The number of carbonyl (C=O) groups is 1. The Bertz CT molecular complexity index is 514. The van der Waals surface area contributed by atoms with E-state index in [1.165, 1.54) is 0 Å². The number of aryl methyl sites for hydroxylation is 1. The van der Waals surface area contributed by atoms with Gasteiger partial charge in [0, 0.05) is 5.69 Å². The Morgan fingerprint density at radius 3 is 2.47 bits per heavy atom. The Kier molecular flexibility index (Phi) is 5.08. The van der Waals surface area contributed by atoms with Crippen LogP contribution in [0.25, 0.3) is 0 Å². The van der Waals surface area contributed by atoms with Gasteiger partial charge >= 0.3 is 13.6 Å². The summed E-state index contributed by atoms with van der Waals surface area (Å²) in [6.07, 6.45) is -0.0880. The fraction of sp³-hybridized carbons (Fsp3) is 0.364. The molecule has 0 bridgehead atoms. The third-order valence-electron chi connectivity index (χ3n) is 2.66. The van der Waals surface area contributed by atoms with Crippen molar-refractivity contribution in [3.05, 3.63) is 29.3 Å². The van der Waals surface area contributed by atoms with Gasteiger partial charge in [0.25, 0.3) is 0 Å². The van der Waals surface area contributed by atoms with Crippen molar-refractivity contribution in [1.82, 2.24) is 0 Å². The highest BCUT2D eigenvalue weighted by atomic mass is 31.2. The maximum Gasteiger partial charge on any atom is 0.325 e. The van der Waals surface area contributed by atoms with Crippen LogP contribution >= 0.6 is 7.60 Å². The lowest BCUT2D eigenvalue weighted by molar-refractivity contribution is -0.138. The van der Waals surface area contributed by atoms with Gasteiger partial charge in [-0.2, -0.15) is 0 Å². The van der Waals surface area contributed by atoms with Crippen LogP contribution in [0.15, 0.2) is 18.2 Å². The van der Waals surface area contributed by atoms with Crippen molar-refractivity contribution in [2.24, 2.45) is 5.73 Å². The number of aliphatic carboxylic acids is 1. The summed E-state index contributed by atoms with van der Waals surface area (Å²) in [5.74, 6) is -1.14. The fourth-order valence-corrected chi connectivity index (χ4v) is 2.20. The second kappa shape index (κ2) is 6.16. The molecular formula is C11H17N2O5P. The molecule has 0 heterocycles. The second-order valence-corrected chi connectivity index (χ2v) is 6.09. The monoisotopic (exact) mass is 288 g/mol. The Morgan fingerprint density at radius 1 is 1.32 bits per heavy atom. The molecule has 0 amide bonds. The Labute approximate surface area is 110 Å². The van der Waals surface area contributed by atoms with E-state index in [0.29, 0.717) is 16.8 Å². The predicted molar refractivity (Wildman–Crippen MR) is 70.8 cm³/mol. The first-order valence-electron chi connectivity index (χ1n) is 5.59. The van der Waals surface area contributed by atoms with Gasteiger partial charge in [-0.25, -0.2) is 0 Å². The molecule has 1 atom stereocenters. The molecule has 1 aromatic rings. The van der Waals surface area contributed by atoms with E-state index in [1.807, 2.05) is 0 Å². The summed E-state index contributed by atoms with van der Waals surface area (Å²) in [5, 5.41) is 8.78. The molecule has 0 saturated carbocycles. The number of carboxylic acid groups (broad SMARTS) is 1. The molecule has 7 N–H and O–H groups in total. The molecule has 1 aromatic carbocycles. The van der Waals surface area contributed by atoms with Crippen molar-refractivity contribution in [2.75, 3.05) is 11.9 Å². The third-order valence-corrected chi connectivity index (χ3v) is 3.47. The Balaban J connectivity index is 2.91. The summed E-state index contributed by atoms with van der Waals surface area (Å²) in [6.45, 7) is 0. The van der Waals surface area contributed by atoms with Crippen LogP contribution in [0, 0.1) is 0 Å². The van der Waals surface area contributed by atoms with Crippen molar-refractivity contribution in [3.63, 3.8) is 0 Å². The molecule has 8 heteroatoms. The number of hydrogen-bond acceptors (Lipinski definition) is 4. The number of carboxylic acids is 1. The molecule has 1 rings (SSSR count). The van der Waals surface area contributed by atoms with Crippen molar-refractivity contribution in [2.45, 2.75) is 18.9 Å². The van der Waals surface area contributed by atoms with Crippen LogP contribution < -0.4 is 11.5 Å². The smallest absolute Gasteiger partial charge is 0.325 e. The van der Waals surface area contributed by atoms with E-state index in [0.717, 1.165) is 0 Å². The van der Waals surface area contributed by atoms with E-state index in [9.17, 15) is 9.36 Å². The largest absolute Gasteiger partial charge is 0.480 e. The summed E-state index contributed by atoms with van der Waals surface area (Å²) < 4.78 is 10.9. The van der Waals surface area contributed by atoms with Gasteiger partial charge in [-0.05, 0) is 36.1 Å². The van der Waals surface area contributed by atoms with Gasteiger partial charge in [0.05, 0.1) is 6.16 Å². The molecular weight excluding hydrogens is 271 g/mol. The number of benzene rings is 1. The van der Waals surface area contributed by atoms with Crippen LogP contribution in [-0.4, -0.2) is 33.1 Å². The number of anilines is 1. The Morgan fingerprint density at radius 2 is 1.95 bits per heavy atom. The minimum atomic E-state index is -4.09. The zero-order valence-electron chi connectivity index (χ0n) is 10.2. The number of rotatable bonds is 6. The van der Waals surface area contributed by atoms with Gasteiger partial charge in [0.1, 0.15) is 6.04 Å². The number of nitrogen functional groups attached to an aromatic ring is 1. The van der Waals surface area contributed by atoms with E-state index in [1.54, 1.807) is 18.2 Å². The highest BCUT2D eigenvalue weighted by Crippen LogP contribution is 2.35. The zero-order chi connectivity index (χ0) is 14.6. The van der Waals surface area contributed by atoms with E-state index in [-0.39, 0.29) is 19.0 Å². The van der Waals surface area contributed by atoms with Crippen molar-refractivity contribution in [1.29, 1.82) is 0 Å². The lowest BCUT2D eigenvalue weighted by atomic mass is 9.98. The van der Waals surface area contributed by atoms with Crippen molar-refractivity contribution >= 4 is 19.3 Å². The van der Waals surface area contributed by atoms with E-state index < -0.39 is 19.6 Å². The molecule has 0 aliphatic heterocycles. The molecule has 0 unspecified atom stereocenters. The summed E-state index contributed by atoms with van der Waals surface area (Å²) in [5.41, 5.74) is 12.8. The number of nitrogens with two attached hydrogens (primary N) is 2. The second-order valence-electron chi connectivity index (χ2n) is 4.32. The minimum absolute atomic E-state index is 0.0663. The van der Waals surface area contributed by atoms with Crippen molar-refractivity contribution in [3.8, 4) is 0 Å². The van der Waals surface area contributed by atoms with Gasteiger partial charge in [-0.15, -0.1) is 0 Å². The maximum absolute atomic E-state index is 10.9. The summed E-state index contributed by atoms with van der Waals surface area (Å²) in [4.78, 5) is 28.5. The molecule has 0 aromatic heterocycles. The van der Waals surface area contributed by atoms with E-state index >= 15 is 0 Å². The van der Waals surface area contributed by atoms with E-state index in [2.05, 4.69) is 0 Å². The Hall–Kier alpha value is -1.40. The molecule has 19 heavy (non-hydrogen) atoms. The lowest BCUT2D eigenvalue weighted by Gasteiger charge is -2.13. The van der Waals surface area contributed by atoms with Crippen LogP contribution in [0.3, 0.4) is 0 Å². The van der Waals surface area contributed by atoms with Gasteiger partial charge < -0.3 is 26.4 Å². The lowest BCUT2D eigenvalue weighted by Crippen LogP contribution is -2.32. The molecule has 106 valence electrons. The van der Waals surface area contributed by atoms with Gasteiger partial charge in [0.2, 0.25) is 0 Å². The predicted octanol–water partition coefficient (Wildman–Crippen LogP) is -0.0566. The first-order valence-corrected chi connectivity index (χ1v) is 7.39. The van der Waals surface area contributed by atoms with E-state index in [4.69, 9.17) is 26.4 Å². The molecule has 0 aliphatic rings. The molecule has 0 radical (unpaired) electrons. The summed E-state index contributed by atoms with van der Waals surface area (Å²) in [6, 6.07) is 3.74. The SMILES string of the molecule is Nc1ccc(CCP(=O)(O)O)c(C[C@H](N)C(=O)O)c1. The van der Waals surface area contributed by atoms with Crippen LogP contribution in [-0.2, 0) is 22.2 Å². The summed E-state index contributed by atoms with van der Waals surface area (Å²) >= 11 is 0. The molecule has 7 nitrogen and oxygen atoms in total. The molecule has 0 saturated heterocycles. The van der Waals surface area contributed by atoms with Gasteiger partial charge in [-0.3, -0.25) is 9.36 Å². The third kappa shape index (κ3) is 5.40. The van der Waals surface area contributed by atoms with Crippen molar-refractivity contribution < 1.29 is 24.3 Å². The number of hydrogen-bond donors (Lipinski definition) is 5. The molecule has 0 fully saturated rings. The quantitative estimate of drug-likeness (QED) is 0.364. The van der Waals surface area contributed by atoms with Gasteiger partial charge in [0.15, 0.2) is 0 Å². The van der Waals surface area contributed by atoms with Crippen LogP contribution in [0.1, 0.15) is 11.1 Å². The molecule has 0 spiro atoms. The average molecular weight is 288 g/mol. The fourth-order valence-electron chi connectivity index (χ4n) is 1.67. The highest BCUT2D eigenvalue weighted by molar-refractivity contribution is 7.51. The average Bonchev–Trinajstić information content (AvgIpc) is 2.26. The summed E-state index contributed by atoms with van der Waals surface area (Å²) in [7, 11) is -4.09.